The van der Waals surface area contributed by atoms with Crippen LogP contribution in [0.25, 0.3) is 0 Å². The molecule has 0 heterocycles. The zero-order chi connectivity index (χ0) is 18.4. The van der Waals surface area contributed by atoms with Crippen molar-refractivity contribution in [1.82, 2.24) is 0 Å². The predicted octanol–water partition coefficient (Wildman–Crippen LogP) is 3.31. The summed E-state index contributed by atoms with van der Waals surface area (Å²) in [4.78, 5) is 0. The molecular weight excluding hydrogens is 318 g/mol. The monoisotopic (exact) mass is 345 g/mol. The lowest BCUT2D eigenvalue weighted by Gasteiger charge is -2.21. The summed E-state index contributed by atoms with van der Waals surface area (Å²) >= 11 is 0. The van der Waals surface area contributed by atoms with Crippen LogP contribution in [0.5, 0.6) is 23.0 Å². The van der Waals surface area contributed by atoms with Gasteiger partial charge in [0, 0.05) is 12.0 Å². The van der Waals surface area contributed by atoms with Gasteiger partial charge in [0.15, 0.2) is 11.5 Å². The highest BCUT2D eigenvalue weighted by Crippen LogP contribution is 2.38. The minimum atomic E-state index is 0.0989. The fraction of sp³-hybridized carbons (Fsp3) is 0.400. The lowest BCUT2D eigenvalue weighted by Crippen LogP contribution is -2.16. The molecule has 0 aliphatic carbocycles. The van der Waals surface area contributed by atoms with Gasteiger partial charge in [0.2, 0.25) is 0 Å². The van der Waals surface area contributed by atoms with E-state index in [-0.39, 0.29) is 5.92 Å². The number of nitrogens with two attached hydrogens (primary N) is 1. The Morgan fingerprint density at radius 3 is 1.96 bits per heavy atom. The Labute approximate surface area is 149 Å². The van der Waals surface area contributed by atoms with E-state index in [0.29, 0.717) is 24.5 Å². The van der Waals surface area contributed by atoms with Crippen LogP contribution in [0.3, 0.4) is 0 Å². The summed E-state index contributed by atoms with van der Waals surface area (Å²) in [6.45, 7) is 2.56. The molecule has 0 spiro atoms. The topological polar surface area (TPSA) is 62.9 Å². The van der Waals surface area contributed by atoms with Gasteiger partial charge >= 0.3 is 0 Å². The Bertz CT molecular complexity index is 715. The minimum Gasteiger partial charge on any atom is -0.496 e. The molecule has 0 amide bonds. The van der Waals surface area contributed by atoms with Crippen molar-refractivity contribution in [2.24, 2.45) is 5.73 Å². The maximum atomic E-state index is 6.09. The average molecular weight is 345 g/mol. The molecule has 0 bridgehead atoms. The molecule has 2 aromatic rings. The predicted molar refractivity (Wildman–Crippen MR) is 99.3 cm³/mol. The first-order valence-electron chi connectivity index (χ1n) is 8.21. The lowest BCUT2D eigenvalue weighted by atomic mass is 9.90. The normalized spacial score (nSPS) is 11.8. The van der Waals surface area contributed by atoms with Crippen molar-refractivity contribution < 1.29 is 18.9 Å². The van der Waals surface area contributed by atoms with E-state index in [1.165, 1.54) is 5.56 Å². The molecule has 1 unspecified atom stereocenters. The van der Waals surface area contributed by atoms with E-state index in [4.69, 9.17) is 24.7 Å². The molecule has 0 radical (unpaired) electrons. The summed E-state index contributed by atoms with van der Waals surface area (Å²) in [6, 6.07) is 9.94. The molecule has 2 N–H and O–H groups in total. The van der Waals surface area contributed by atoms with Gasteiger partial charge in [-0.05, 0) is 43.1 Å². The van der Waals surface area contributed by atoms with Crippen LogP contribution in [0.2, 0.25) is 0 Å². The average Bonchev–Trinajstić information content (AvgIpc) is 2.65. The Balaban J connectivity index is 2.44. The Kier molecular flexibility index (Phi) is 6.53. The van der Waals surface area contributed by atoms with Crippen LogP contribution in [-0.2, 0) is 6.42 Å². The van der Waals surface area contributed by atoms with Crippen LogP contribution >= 0.6 is 0 Å². The largest absolute Gasteiger partial charge is 0.496 e. The van der Waals surface area contributed by atoms with Crippen molar-refractivity contribution in [1.29, 1.82) is 0 Å². The van der Waals surface area contributed by atoms with Crippen LogP contribution in [0.1, 0.15) is 22.6 Å². The first-order chi connectivity index (χ1) is 12.1. The third-order valence-corrected chi connectivity index (χ3v) is 4.36. The fourth-order valence-electron chi connectivity index (χ4n) is 3.01. The van der Waals surface area contributed by atoms with E-state index in [1.807, 2.05) is 24.3 Å². The summed E-state index contributed by atoms with van der Waals surface area (Å²) in [5, 5.41) is 0. The first-order valence-corrected chi connectivity index (χ1v) is 8.21. The van der Waals surface area contributed by atoms with Crippen molar-refractivity contribution in [3.8, 4) is 23.0 Å². The van der Waals surface area contributed by atoms with Gasteiger partial charge in [0.25, 0.3) is 0 Å². The Morgan fingerprint density at radius 1 is 0.800 bits per heavy atom. The number of methoxy groups -OCH3 is 4. The van der Waals surface area contributed by atoms with Gasteiger partial charge in [0.1, 0.15) is 11.5 Å². The molecule has 136 valence electrons. The van der Waals surface area contributed by atoms with E-state index in [2.05, 4.69) is 13.0 Å². The van der Waals surface area contributed by atoms with Gasteiger partial charge in [-0.1, -0.05) is 17.7 Å². The molecule has 0 saturated heterocycles. The van der Waals surface area contributed by atoms with Crippen LogP contribution in [0.4, 0.5) is 0 Å². The van der Waals surface area contributed by atoms with Crippen molar-refractivity contribution in [3.63, 3.8) is 0 Å². The van der Waals surface area contributed by atoms with Crippen LogP contribution in [0, 0.1) is 6.92 Å². The maximum Gasteiger partial charge on any atom is 0.164 e. The quantitative estimate of drug-likeness (QED) is 0.795. The highest BCUT2D eigenvalue weighted by atomic mass is 16.5. The molecule has 0 aliphatic rings. The second-order valence-corrected chi connectivity index (χ2v) is 5.90. The number of ether oxygens (including phenoxy) is 4. The second-order valence-electron chi connectivity index (χ2n) is 5.90. The van der Waals surface area contributed by atoms with Gasteiger partial charge in [-0.15, -0.1) is 0 Å². The summed E-state index contributed by atoms with van der Waals surface area (Å²) in [5.74, 6) is 3.01. The van der Waals surface area contributed by atoms with E-state index in [0.717, 1.165) is 22.6 Å². The molecule has 0 aliphatic heterocycles. The minimum absolute atomic E-state index is 0.0989. The number of aryl methyl sites for hydroxylation is 1. The summed E-state index contributed by atoms with van der Waals surface area (Å²) in [7, 11) is 6.56. The van der Waals surface area contributed by atoms with E-state index in [9.17, 15) is 0 Å². The molecule has 1 atom stereocenters. The van der Waals surface area contributed by atoms with Gasteiger partial charge in [-0.25, -0.2) is 0 Å². The van der Waals surface area contributed by atoms with Crippen LogP contribution in [-0.4, -0.2) is 35.0 Å². The summed E-state index contributed by atoms with van der Waals surface area (Å²) in [5.41, 5.74) is 9.38. The summed E-state index contributed by atoms with van der Waals surface area (Å²) in [6.07, 6.45) is 0.708. The van der Waals surface area contributed by atoms with Gasteiger partial charge in [-0.2, -0.15) is 0 Å². The van der Waals surface area contributed by atoms with Crippen molar-refractivity contribution in [2.45, 2.75) is 19.3 Å². The number of rotatable bonds is 8. The number of hydrogen-bond acceptors (Lipinski definition) is 5. The van der Waals surface area contributed by atoms with E-state index >= 15 is 0 Å². The molecule has 0 aromatic heterocycles. The third-order valence-electron chi connectivity index (χ3n) is 4.36. The molecular formula is C20H27NO4. The third kappa shape index (κ3) is 4.17. The highest BCUT2D eigenvalue weighted by molar-refractivity contribution is 5.52. The lowest BCUT2D eigenvalue weighted by molar-refractivity contribution is 0.347. The van der Waals surface area contributed by atoms with E-state index in [1.54, 1.807) is 28.4 Å². The SMILES string of the molecule is COc1cc(OC)c(OC)cc1CC(CN)c1cc(C)ccc1OC. The second kappa shape index (κ2) is 8.62. The standard InChI is InChI=1S/C20H27NO4/c1-13-6-7-17(22-2)16(8-13)15(12-21)9-14-10-19(24-4)20(25-5)11-18(14)23-3/h6-8,10-11,15H,9,12,21H2,1-5H3. The highest BCUT2D eigenvalue weighted by Gasteiger charge is 2.20. The zero-order valence-corrected chi connectivity index (χ0v) is 15.6. The first kappa shape index (κ1) is 18.9. The molecule has 2 aromatic carbocycles. The van der Waals surface area contributed by atoms with E-state index < -0.39 is 0 Å². The van der Waals surface area contributed by atoms with Crippen molar-refractivity contribution in [3.05, 3.63) is 47.0 Å². The molecule has 5 heteroatoms. The molecule has 2 rings (SSSR count). The van der Waals surface area contributed by atoms with Crippen molar-refractivity contribution in [2.75, 3.05) is 35.0 Å². The van der Waals surface area contributed by atoms with Gasteiger partial charge in [-0.3, -0.25) is 0 Å². The number of hydrogen-bond donors (Lipinski definition) is 1. The van der Waals surface area contributed by atoms with Crippen LogP contribution < -0.4 is 24.7 Å². The van der Waals surface area contributed by atoms with Gasteiger partial charge < -0.3 is 24.7 Å². The number of benzene rings is 2. The molecule has 25 heavy (non-hydrogen) atoms. The van der Waals surface area contributed by atoms with Crippen molar-refractivity contribution >= 4 is 0 Å². The fourth-order valence-corrected chi connectivity index (χ4v) is 3.01. The smallest absolute Gasteiger partial charge is 0.164 e. The zero-order valence-electron chi connectivity index (χ0n) is 15.6. The Hall–Kier alpha value is -2.40. The van der Waals surface area contributed by atoms with Crippen LogP contribution in [0.15, 0.2) is 30.3 Å². The molecule has 0 saturated carbocycles. The maximum absolute atomic E-state index is 6.09. The molecule has 0 fully saturated rings. The Morgan fingerprint density at radius 2 is 1.40 bits per heavy atom. The molecule has 5 nitrogen and oxygen atoms in total. The van der Waals surface area contributed by atoms with Gasteiger partial charge in [0.05, 0.1) is 28.4 Å². The summed E-state index contributed by atoms with van der Waals surface area (Å²) < 4.78 is 21.8.